The van der Waals surface area contributed by atoms with E-state index in [9.17, 15) is 14.4 Å². The maximum Gasteiger partial charge on any atom is 0.294 e. The normalized spacial score (nSPS) is 15.6. The third-order valence-electron chi connectivity index (χ3n) is 3.71. The molecular weight excluding hydrogens is 464 g/mol. The molecule has 28 heavy (non-hydrogen) atoms. The lowest BCUT2D eigenvalue weighted by atomic mass is 10.2. The fourth-order valence-electron chi connectivity index (χ4n) is 2.38. The van der Waals surface area contributed by atoms with Crippen LogP contribution in [0.5, 0.6) is 0 Å². The monoisotopic (exact) mass is 476 g/mol. The van der Waals surface area contributed by atoms with E-state index in [1.165, 1.54) is 0 Å². The van der Waals surface area contributed by atoms with Crippen molar-refractivity contribution in [3.05, 3.63) is 80.6 Å². The van der Waals surface area contributed by atoms with Crippen molar-refractivity contribution in [1.29, 1.82) is 0 Å². The fourth-order valence-corrected chi connectivity index (χ4v) is 3.60. The molecule has 0 aliphatic carbocycles. The van der Waals surface area contributed by atoms with Gasteiger partial charge >= 0.3 is 0 Å². The Bertz CT molecular complexity index is 992. The summed E-state index contributed by atoms with van der Waals surface area (Å²) in [4.78, 5) is 37.9. The largest absolute Gasteiger partial charge is 0.324 e. The van der Waals surface area contributed by atoms with Gasteiger partial charge in [-0.25, -0.2) is 0 Å². The van der Waals surface area contributed by atoms with Gasteiger partial charge in [0.1, 0.15) is 6.54 Å². The molecule has 0 radical (unpaired) electrons. The SMILES string of the molecule is O=C(CN1C(=O)S/C(=C/C=C\c2ccccc2)C1=O)Nc1ccc(Br)c(Cl)c1. The highest BCUT2D eigenvalue weighted by molar-refractivity contribution is 9.10. The van der Waals surface area contributed by atoms with Gasteiger partial charge < -0.3 is 5.32 Å². The van der Waals surface area contributed by atoms with Gasteiger partial charge in [0.15, 0.2) is 0 Å². The Balaban J connectivity index is 1.63. The number of carbonyl (C=O) groups is 3. The predicted molar refractivity (Wildman–Crippen MR) is 116 cm³/mol. The smallest absolute Gasteiger partial charge is 0.294 e. The summed E-state index contributed by atoms with van der Waals surface area (Å²) in [5.41, 5.74) is 1.46. The standard InChI is InChI=1S/C20H14BrClN2O3S/c21-15-10-9-14(11-16(15)22)23-18(25)12-24-19(26)17(28-20(24)27)8-4-7-13-5-2-1-3-6-13/h1-11H,12H2,(H,23,25)/b7-4-,17-8+. The molecule has 8 heteroatoms. The molecule has 0 aromatic heterocycles. The van der Waals surface area contributed by atoms with Crippen molar-refractivity contribution in [3.63, 3.8) is 0 Å². The van der Waals surface area contributed by atoms with Gasteiger partial charge in [-0.3, -0.25) is 19.3 Å². The molecule has 2 aromatic carbocycles. The number of anilines is 1. The third kappa shape index (κ3) is 5.13. The summed E-state index contributed by atoms with van der Waals surface area (Å²) in [5, 5.41) is 2.59. The van der Waals surface area contributed by atoms with E-state index in [1.807, 2.05) is 36.4 Å². The maximum absolute atomic E-state index is 12.4. The van der Waals surface area contributed by atoms with E-state index in [0.717, 1.165) is 22.2 Å². The minimum absolute atomic E-state index is 0.275. The Morgan fingerprint density at radius 3 is 2.64 bits per heavy atom. The first-order chi connectivity index (χ1) is 13.4. The number of carbonyl (C=O) groups excluding carboxylic acids is 3. The van der Waals surface area contributed by atoms with Crippen LogP contribution in [0.25, 0.3) is 6.08 Å². The van der Waals surface area contributed by atoms with Crippen LogP contribution in [0.1, 0.15) is 5.56 Å². The Kier molecular flexibility index (Phi) is 6.72. The van der Waals surface area contributed by atoms with Crippen molar-refractivity contribution in [2.75, 3.05) is 11.9 Å². The predicted octanol–water partition coefficient (Wildman–Crippen LogP) is 5.33. The molecule has 0 spiro atoms. The van der Waals surface area contributed by atoms with Gasteiger partial charge in [-0.1, -0.05) is 54.1 Å². The zero-order valence-electron chi connectivity index (χ0n) is 14.4. The van der Waals surface area contributed by atoms with Crippen molar-refractivity contribution in [3.8, 4) is 0 Å². The van der Waals surface area contributed by atoms with Crippen LogP contribution in [0.15, 0.2) is 70.1 Å². The molecule has 1 aliphatic rings. The molecule has 142 valence electrons. The number of hydrogen-bond donors (Lipinski definition) is 1. The topological polar surface area (TPSA) is 66.5 Å². The number of allylic oxidation sites excluding steroid dienone is 2. The van der Waals surface area contributed by atoms with E-state index in [1.54, 1.807) is 30.4 Å². The van der Waals surface area contributed by atoms with Gasteiger partial charge in [0.2, 0.25) is 5.91 Å². The molecule has 1 N–H and O–H groups in total. The van der Waals surface area contributed by atoms with E-state index < -0.39 is 17.1 Å². The lowest BCUT2D eigenvalue weighted by Crippen LogP contribution is -2.36. The van der Waals surface area contributed by atoms with Gasteiger partial charge in [0.05, 0.1) is 9.93 Å². The lowest BCUT2D eigenvalue weighted by Gasteiger charge is -2.12. The average Bonchev–Trinajstić information content (AvgIpc) is 2.93. The molecule has 0 bridgehead atoms. The highest BCUT2D eigenvalue weighted by atomic mass is 79.9. The number of nitrogens with zero attached hydrogens (tertiary/aromatic N) is 1. The summed E-state index contributed by atoms with van der Waals surface area (Å²) in [6.07, 6.45) is 5.11. The summed E-state index contributed by atoms with van der Waals surface area (Å²) in [5.74, 6) is -0.974. The van der Waals surface area contributed by atoms with Crippen LogP contribution in [0.4, 0.5) is 10.5 Å². The molecule has 0 atom stereocenters. The van der Waals surface area contributed by atoms with Gasteiger partial charge in [-0.05, 0) is 57.5 Å². The first-order valence-electron chi connectivity index (χ1n) is 8.16. The van der Waals surface area contributed by atoms with Crippen LogP contribution in [0, 0.1) is 0 Å². The van der Waals surface area contributed by atoms with E-state index in [4.69, 9.17) is 11.6 Å². The number of halogens is 2. The van der Waals surface area contributed by atoms with Crippen LogP contribution in [-0.4, -0.2) is 28.5 Å². The Labute approximate surface area is 179 Å². The Hall–Kier alpha value is -2.35. The molecule has 5 nitrogen and oxygen atoms in total. The molecule has 2 aromatic rings. The van der Waals surface area contributed by atoms with Gasteiger partial charge in [0.25, 0.3) is 11.1 Å². The molecule has 1 saturated heterocycles. The Morgan fingerprint density at radius 2 is 1.93 bits per heavy atom. The lowest BCUT2D eigenvalue weighted by molar-refractivity contribution is -0.127. The number of amides is 3. The van der Waals surface area contributed by atoms with Crippen molar-refractivity contribution in [2.45, 2.75) is 0 Å². The minimum atomic E-state index is -0.489. The van der Waals surface area contributed by atoms with Gasteiger partial charge in [0, 0.05) is 10.2 Å². The summed E-state index contributed by atoms with van der Waals surface area (Å²) < 4.78 is 0.701. The van der Waals surface area contributed by atoms with Crippen molar-refractivity contribution < 1.29 is 14.4 Å². The number of benzene rings is 2. The van der Waals surface area contributed by atoms with Gasteiger partial charge in [-0.2, -0.15) is 0 Å². The molecule has 1 fully saturated rings. The molecule has 3 amide bonds. The fraction of sp³-hybridized carbons (Fsp3) is 0.0500. The van der Waals surface area contributed by atoms with Crippen molar-refractivity contribution >= 4 is 68.1 Å². The number of imide groups is 1. The quantitative estimate of drug-likeness (QED) is 0.591. The van der Waals surface area contributed by atoms with E-state index in [2.05, 4.69) is 21.2 Å². The van der Waals surface area contributed by atoms with E-state index >= 15 is 0 Å². The number of rotatable bonds is 5. The second-order valence-corrected chi connectivity index (χ2v) is 7.99. The average molecular weight is 478 g/mol. The maximum atomic E-state index is 12.4. The second kappa shape index (κ2) is 9.23. The molecule has 0 unspecified atom stereocenters. The molecule has 1 aliphatic heterocycles. The molecule has 1 heterocycles. The number of thioether (sulfide) groups is 1. The molecule has 3 rings (SSSR count). The summed E-state index contributed by atoms with van der Waals surface area (Å²) >= 11 is 10.1. The molecule has 0 saturated carbocycles. The minimum Gasteiger partial charge on any atom is -0.324 e. The zero-order chi connectivity index (χ0) is 20.1. The Morgan fingerprint density at radius 1 is 1.18 bits per heavy atom. The van der Waals surface area contributed by atoms with Crippen LogP contribution in [0.2, 0.25) is 5.02 Å². The first kappa shape index (κ1) is 20.4. The summed E-state index contributed by atoms with van der Waals surface area (Å²) in [6.45, 7) is -0.363. The third-order valence-corrected chi connectivity index (χ3v) is 5.87. The summed E-state index contributed by atoms with van der Waals surface area (Å²) in [7, 11) is 0. The number of nitrogens with one attached hydrogen (secondary N) is 1. The van der Waals surface area contributed by atoms with Crippen LogP contribution in [-0.2, 0) is 9.59 Å². The van der Waals surface area contributed by atoms with Crippen LogP contribution < -0.4 is 5.32 Å². The van der Waals surface area contributed by atoms with Gasteiger partial charge in [-0.15, -0.1) is 0 Å². The van der Waals surface area contributed by atoms with Crippen molar-refractivity contribution in [1.82, 2.24) is 4.90 Å². The van der Waals surface area contributed by atoms with E-state index in [0.29, 0.717) is 15.2 Å². The van der Waals surface area contributed by atoms with Crippen molar-refractivity contribution in [2.24, 2.45) is 0 Å². The zero-order valence-corrected chi connectivity index (χ0v) is 17.6. The highest BCUT2D eigenvalue weighted by Gasteiger charge is 2.35. The van der Waals surface area contributed by atoms with Crippen LogP contribution >= 0.6 is 39.3 Å². The number of hydrogen-bond acceptors (Lipinski definition) is 4. The molecular formula is C20H14BrClN2O3S. The van der Waals surface area contributed by atoms with Crippen LogP contribution in [0.3, 0.4) is 0 Å². The highest BCUT2D eigenvalue weighted by Crippen LogP contribution is 2.31. The second-order valence-electron chi connectivity index (χ2n) is 5.74. The first-order valence-corrected chi connectivity index (χ1v) is 10.1. The summed E-state index contributed by atoms with van der Waals surface area (Å²) in [6, 6.07) is 14.5. The van der Waals surface area contributed by atoms with E-state index in [-0.39, 0.29) is 11.4 Å².